The molecule has 4 heterocycles. The summed E-state index contributed by atoms with van der Waals surface area (Å²) in [5, 5.41) is 13.4. The minimum Gasteiger partial charge on any atom is -0.361 e. The third-order valence-corrected chi connectivity index (χ3v) is 5.13. The van der Waals surface area contributed by atoms with E-state index in [4.69, 9.17) is 0 Å². The van der Waals surface area contributed by atoms with Crippen LogP contribution in [0.1, 0.15) is 24.2 Å². The Morgan fingerprint density at radius 1 is 1.17 bits per heavy atom. The Labute approximate surface area is 171 Å². The molecule has 5 aromatic rings. The molecule has 0 saturated heterocycles. The first kappa shape index (κ1) is 17.7. The molecule has 0 saturated carbocycles. The van der Waals surface area contributed by atoms with Crippen molar-refractivity contribution in [2.24, 2.45) is 0 Å². The maximum atomic E-state index is 13.3. The van der Waals surface area contributed by atoms with E-state index in [9.17, 15) is 10.1 Å². The van der Waals surface area contributed by atoms with Gasteiger partial charge < -0.3 is 14.7 Å². The number of H-pyrrole nitrogens is 1. The second kappa shape index (κ2) is 6.90. The second-order valence-corrected chi connectivity index (χ2v) is 6.96. The van der Waals surface area contributed by atoms with Crippen molar-refractivity contribution in [2.45, 2.75) is 13.0 Å². The van der Waals surface area contributed by atoms with Crippen LogP contribution in [0.25, 0.3) is 22.2 Å². The van der Waals surface area contributed by atoms with E-state index in [1.54, 1.807) is 16.8 Å². The molecule has 0 aliphatic rings. The van der Waals surface area contributed by atoms with Gasteiger partial charge in [0.15, 0.2) is 0 Å². The largest absolute Gasteiger partial charge is 0.361 e. The van der Waals surface area contributed by atoms with E-state index in [2.05, 4.69) is 26.3 Å². The van der Waals surface area contributed by atoms with E-state index in [0.29, 0.717) is 27.9 Å². The molecule has 0 aliphatic heterocycles. The van der Waals surface area contributed by atoms with Gasteiger partial charge in [-0.2, -0.15) is 5.26 Å². The van der Waals surface area contributed by atoms with Crippen LogP contribution in [0, 0.1) is 11.3 Å². The monoisotopic (exact) mass is 395 g/mol. The van der Waals surface area contributed by atoms with Crippen LogP contribution in [-0.4, -0.2) is 23.9 Å². The second-order valence-electron chi connectivity index (χ2n) is 6.96. The summed E-state index contributed by atoms with van der Waals surface area (Å²) in [5.74, 6) is 0.532. The molecule has 1 atom stereocenters. The quantitative estimate of drug-likeness (QED) is 0.485. The van der Waals surface area contributed by atoms with E-state index in [-0.39, 0.29) is 11.6 Å². The van der Waals surface area contributed by atoms with Crippen LogP contribution in [0.15, 0.2) is 72.2 Å². The molecule has 4 aromatic heterocycles. The van der Waals surface area contributed by atoms with Crippen LogP contribution in [0.4, 0.5) is 5.82 Å². The summed E-state index contributed by atoms with van der Waals surface area (Å²) in [6.07, 6.45) is 6.84. The molecular weight excluding hydrogens is 378 g/mol. The van der Waals surface area contributed by atoms with Crippen LogP contribution >= 0.6 is 0 Å². The Morgan fingerprint density at radius 3 is 2.80 bits per heavy atom. The maximum Gasteiger partial charge on any atom is 0.279 e. The molecule has 146 valence electrons. The van der Waals surface area contributed by atoms with Crippen LogP contribution in [0.2, 0.25) is 0 Å². The molecular formula is C22H17N7O. The summed E-state index contributed by atoms with van der Waals surface area (Å²) in [6, 6.07) is 15.0. The number of aromatic nitrogens is 5. The first-order valence-corrected chi connectivity index (χ1v) is 9.44. The number of aromatic amines is 1. The van der Waals surface area contributed by atoms with Gasteiger partial charge in [0, 0.05) is 24.3 Å². The normalized spacial score (nSPS) is 12.1. The number of nitrogens with one attached hydrogen (secondary N) is 2. The summed E-state index contributed by atoms with van der Waals surface area (Å²) in [4.78, 5) is 24.8. The Balaban J connectivity index is 1.68. The maximum absolute atomic E-state index is 13.3. The first-order chi connectivity index (χ1) is 14.7. The van der Waals surface area contributed by atoms with Gasteiger partial charge in [-0.3, -0.25) is 9.36 Å². The number of benzene rings is 1. The van der Waals surface area contributed by atoms with Gasteiger partial charge in [-0.15, -0.1) is 0 Å². The highest BCUT2D eigenvalue weighted by Crippen LogP contribution is 2.27. The number of hydrogen-bond acceptors (Lipinski definition) is 5. The fraction of sp³-hybridized carbons (Fsp3) is 0.0909. The molecule has 0 spiro atoms. The molecule has 0 radical (unpaired) electrons. The van der Waals surface area contributed by atoms with Crippen molar-refractivity contribution in [3.8, 4) is 11.8 Å². The van der Waals surface area contributed by atoms with Crippen molar-refractivity contribution in [1.29, 1.82) is 5.26 Å². The third kappa shape index (κ3) is 2.72. The summed E-state index contributed by atoms with van der Waals surface area (Å²) >= 11 is 0. The van der Waals surface area contributed by atoms with E-state index in [0.717, 1.165) is 11.4 Å². The molecule has 0 bridgehead atoms. The number of anilines is 1. The van der Waals surface area contributed by atoms with Crippen LogP contribution in [0.3, 0.4) is 0 Å². The fourth-order valence-electron chi connectivity index (χ4n) is 3.71. The van der Waals surface area contributed by atoms with E-state index in [1.165, 1.54) is 6.33 Å². The van der Waals surface area contributed by atoms with Crippen molar-refractivity contribution >= 4 is 22.4 Å². The van der Waals surface area contributed by atoms with Crippen LogP contribution in [0.5, 0.6) is 0 Å². The highest BCUT2D eigenvalue weighted by atomic mass is 16.1. The lowest BCUT2D eigenvalue weighted by molar-refractivity contribution is 0.754. The smallest absolute Gasteiger partial charge is 0.279 e. The SMILES string of the molecule is CC(Nc1ncnc2[nH]cc(C#N)c12)c1cn2cccc2c(=O)n1-c1ccccc1. The predicted molar refractivity (Wildman–Crippen MR) is 114 cm³/mol. The number of fused-ring (bicyclic) bond motifs is 2. The zero-order valence-electron chi connectivity index (χ0n) is 16.1. The highest BCUT2D eigenvalue weighted by Gasteiger charge is 2.19. The highest BCUT2D eigenvalue weighted by molar-refractivity contribution is 5.92. The third-order valence-electron chi connectivity index (χ3n) is 5.13. The van der Waals surface area contributed by atoms with Gasteiger partial charge in [-0.05, 0) is 31.2 Å². The average molecular weight is 395 g/mol. The van der Waals surface area contributed by atoms with Gasteiger partial charge in [0.2, 0.25) is 0 Å². The fourth-order valence-corrected chi connectivity index (χ4v) is 3.71. The van der Waals surface area contributed by atoms with Crippen molar-refractivity contribution in [3.63, 3.8) is 0 Å². The molecule has 8 heteroatoms. The summed E-state index contributed by atoms with van der Waals surface area (Å²) < 4.78 is 3.52. The Kier molecular flexibility index (Phi) is 4.07. The molecule has 0 amide bonds. The summed E-state index contributed by atoms with van der Waals surface area (Å²) in [6.45, 7) is 1.95. The number of nitrogens with zero attached hydrogens (tertiary/aromatic N) is 5. The van der Waals surface area contributed by atoms with Crippen LogP contribution < -0.4 is 10.9 Å². The number of rotatable bonds is 4. The molecule has 0 fully saturated rings. The van der Waals surface area contributed by atoms with Crippen molar-refractivity contribution in [2.75, 3.05) is 5.32 Å². The topological polar surface area (TPSA) is 104 Å². The van der Waals surface area contributed by atoms with Crippen molar-refractivity contribution in [3.05, 3.63) is 89.0 Å². The average Bonchev–Trinajstić information content (AvgIpc) is 3.41. The Morgan fingerprint density at radius 2 is 2.00 bits per heavy atom. The lowest BCUT2D eigenvalue weighted by Gasteiger charge is -2.21. The molecule has 30 heavy (non-hydrogen) atoms. The molecule has 2 N–H and O–H groups in total. The summed E-state index contributed by atoms with van der Waals surface area (Å²) in [5.41, 5.74) is 3.07. The molecule has 1 aromatic carbocycles. The Hall–Kier alpha value is -4.38. The van der Waals surface area contributed by atoms with E-state index in [1.807, 2.05) is 60.1 Å². The zero-order valence-corrected chi connectivity index (χ0v) is 16.1. The van der Waals surface area contributed by atoms with Gasteiger partial charge in [-0.25, -0.2) is 9.97 Å². The zero-order chi connectivity index (χ0) is 20.7. The lowest BCUT2D eigenvalue weighted by Crippen LogP contribution is -2.27. The van der Waals surface area contributed by atoms with E-state index < -0.39 is 0 Å². The number of para-hydroxylation sites is 1. The van der Waals surface area contributed by atoms with Gasteiger partial charge in [0.25, 0.3) is 5.56 Å². The minimum atomic E-state index is -0.288. The Bertz CT molecular complexity index is 1470. The standard InChI is InChI=1S/C22H17N7O/c1-14(27-21-19-15(10-23)11-24-20(19)25-13-26-21)18-12-28-9-5-8-17(28)22(30)29(18)16-6-3-2-4-7-16/h2-9,11-14H,1H3,(H2,24,25,26,27). The van der Waals surface area contributed by atoms with E-state index >= 15 is 0 Å². The van der Waals surface area contributed by atoms with Crippen molar-refractivity contribution < 1.29 is 0 Å². The molecule has 1 unspecified atom stereocenters. The van der Waals surface area contributed by atoms with Gasteiger partial charge >= 0.3 is 0 Å². The predicted octanol–water partition coefficient (Wildman–Crippen LogP) is 3.41. The van der Waals surface area contributed by atoms with Gasteiger partial charge in [-0.1, -0.05) is 18.2 Å². The number of hydrogen-bond donors (Lipinski definition) is 2. The van der Waals surface area contributed by atoms with Gasteiger partial charge in [0.05, 0.1) is 22.7 Å². The molecule has 5 rings (SSSR count). The molecule has 0 aliphatic carbocycles. The molecule has 8 nitrogen and oxygen atoms in total. The van der Waals surface area contributed by atoms with Crippen molar-refractivity contribution in [1.82, 2.24) is 23.9 Å². The van der Waals surface area contributed by atoms with Gasteiger partial charge in [0.1, 0.15) is 29.4 Å². The summed E-state index contributed by atoms with van der Waals surface area (Å²) in [7, 11) is 0. The van der Waals surface area contributed by atoms with Crippen LogP contribution in [-0.2, 0) is 0 Å². The minimum absolute atomic E-state index is 0.107. The lowest BCUT2D eigenvalue weighted by atomic mass is 10.2. The number of nitriles is 1. The first-order valence-electron chi connectivity index (χ1n) is 9.44.